The van der Waals surface area contributed by atoms with E-state index >= 15 is 0 Å². The van der Waals surface area contributed by atoms with Crippen molar-refractivity contribution in [2.75, 3.05) is 5.73 Å². The first-order chi connectivity index (χ1) is 6.70. The number of benzene rings is 2. The Morgan fingerprint density at radius 1 is 1.00 bits per heavy atom. The molecule has 14 heavy (non-hydrogen) atoms. The third-order valence-electron chi connectivity index (χ3n) is 2.28. The van der Waals surface area contributed by atoms with Crippen LogP contribution in [0.1, 0.15) is 0 Å². The van der Waals surface area contributed by atoms with Gasteiger partial charge in [-0.1, -0.05) is 36.4 Å². The molecule has 0 aromatic heterocycles. The van der Waals surface area contributed by atoms with Crippen LogP contribution < -0.4 is 11.2 Å². The van der Waals surface area contributed by atoms with Gasteiger partial charge >= 0.3 is 7.12 Å². The highest BCUT2D eigenvalue weighted by atomic mass is 16.4. The Bertz CT molecular complexity index is 471. The van der Waals surface area contributed by atoms with Crippen molar-refractivity contribution in [3.8, 4) is 0 Å². The molecule has 0 bridgehead atoms. The van der Waals surface area contributed by atoms with E-state index in [1.165, 1.54) is 0 Å². The molecule has 0 amide bonds. The minimum Gasteiger partial charge on any atom is -0.423 e. The zero-order valence-electron chi connectivity index (χ0n) is 7.51. The van der Waals surface area contributed by atoms with Crippen LogP contribution in [-0.2, 0) is 0 Å². The van der Waals surface area contributed by atoms with Crippen molar-refractivity contribution in [1.82, 2.24) is 0 Å². The molecule has 4 N–H and O–H groups in total. The number of hydrogen-bond donors (Lipinski definition) is 3. The number of rotatable bonds is 1. The van der Waals surface area contributed by atoms with Crippen LogP contribution in [0.4, 0.5) is 5.69 Å². The number of fused-ring (bicyclic) bond motifs is 1. The lowest BCUT2D eigenvalue weighted by Crippen LogP contribution is -2.32. The van der Waals surface area contributed by atoms with Crippen LogP contribution in [0.5, 0.6) is 0 Å². The van der Waals surface area contributed by atoms with Gasteiger partial charge in [0.15, 0.2) is 0 Å². The fraction of sp³-hybridized carbons (Fsp3) is 0. The predicted octanol–water partition coefficient (Wildman–Crippen LogP) is 0.102. The molecule has 3 nitrogen and oxygen atoms in total. The van der Waals surface area contributed by atoms with Crippen molar-refractivity contribution < 1.29 is 10.0 Å². The molecule has 2 rings (SSSR count). The highest BCUT2D eigenvalue weighted by molar-refractivity contribution is 6.61. The first-order valence-corrected chi connectivity index (χ1v) is 4.33. The van der Waals surface area contributed by atoms with Crippen molar-refractivity contribution in [3.05, 3.63) is 36.4 Å². The van der Waals surface area contributed by atoms with Crippen LogP contribution in [-0.4, -0.2) is 17.2 Å². The Labute approximate surface area is 81.9 Å². The van der Waals surface area contributed by atoms with Gasteiger partial charge < -0.3 is 15.8 Å². The lowest BCUT2D eigenvalue weighted by molar-refractivity contribution is 0.426. The third kappa shape index (κ3) is 1.34. The van der Waals surface area contributed by atoms with Gasteiger partial charge in [0.1, 0.15) is 0 Å². The van der Waals surface area contributed by atoms with E-state index in [0.29, 0.717) is 11.2 Å². The smallest absolute Gasteiger partial charge is 0.423 e. The topological polar surface area (TPSA) is 66.5 Å². The summed E-state index contributed by atoms with van der Waals surface area (Å²) in [7, 11) is -1.51. The summed E-state index contributed by atoms with van der Waals surface area (Å²) < 4.78 is 0. The van der Waals surface area contributed by atoms with Crippen molar-refractivity contribution in [3.63, 3.8) is 0 Å². The second-order valence-electron chi connectivity index (χ2n) is 3.16. The normalized spacial score (nSPS) is 10.4. The van der Waals surface area contributed by atoms with Crippen molar-refractivity contribution >= 4 is 29.0 Å². The summed E-state index contributed by atoms with van der Waals surface area (Å²) in [6, 6.07) is 11.0. The van der Waals surface area contributed by atoms with E-state index in [-0.39, 0.29) is 0 Å². The summed E-state index contributed by atoms with van der Waals surface area (Å²) in [4.78, 5) is 0. The summed E-state index contributed by atoms with van der Waals surface area (Å²) in [5.74, 6) is 0. The largest absolute Gasteiger partial charge is 0.490 e. The second-order valence-corrected chi connectivity index (χ2v) is 3.16. The molecule has 0 radical (unpaired) electrons. The molecule has 0 aliphatic carbocycles. The highest BCUT2D eigenvalue weighted by Crippen LogP contribution is 2.18. The lowest BCUT2D eigenvalue weighted by atomic mass is 9.78. The molecule has 70 valence electrons. The van der Waals surface area contributed by atoms with Crippen LogP contribution in [0.15, 0.2) is 36.4 Å². The first kappa shape index (κ1) is 9.06. The van der Waals surface area contributed by atoms with Crippen molar-refractivity contribution in [2.45, 2.75) is 0 Å². The average Bonchev–Trinajstić information content (AvgIpc) is 2.18. The lowest BCUT2D eigenvalue weighted by Gasteiger charge is -2.07. The van der Waals surface area contributed by atoms with Crippen LogP contribution in [0.25, 0.3) is 10.8 Å². The van der Waals surface area contributed by atoms with Crippen LogP contribution in [0.2, 0.25) is 0 Å². The standard InChI is InChI=1S/C10H10BNO2/c12-10-8-4-2-1-3-7(8)5-6-9(10)11(13)14/h1-6,13-14H,12H2. The van der Waals surface area contributed by atoms with Crippen molar-refractivity contribution in [1.29, 1.82) is 0 Å². The maximum absolute atomic E-state index is 9.04. The van der Waals surface area contributed by atoms with Crippen molar-refractivity contribution in [2.24, 2.45) is 0 Å². The molecular weight excluding hydrogens is 177 g/mol. The van der Waals surface area contributed by atoms with E-state index < -0.39 is 7.12 Å². The molecule has 0 saturated carbocycles. The van der Waals surface area contributed by atoms with Gasteiger partial charge in [-0.2, -0.15) is 0 Å². The number of nitrogens with two attached hydrogens (primary N) is 1. The molecule has 0 fully saturated rings. The van der Waals surface area contributed by atoms with Gasteiger partial charge in [-0.3, -0.25) is 0 Å². The molecule has 0 atom stereocenters. The number of anilines is 1. The Kier molecular flexibility index (Phi) is 2.15. The summed E-state index contributed by atoms with van der Waals surface area (Å²) >= 11 is 0. The molecule has 0 spiro atoms. The molecule has 2 aromatic rings. The minimum atomic E-state index is -1.51. The van der Waals surface area contributed by atoms with Crippen LogP contribution in [0, 0.1) is 0 Å². The fourth-order valence-corrected chi connectivity index (χ4v) is 1.54. The van der Waals surface area contributed by atoms with Gasteiger partial charge in [0, 0.05) is 16.5 Å². The fourth-order valence-electron chi connectivity index (χ4n) is 1.54. The Hall–Kier alpha value is -1.52. The van der Waals surface area contributed by atoms with Gasteiger partial charge in [-0.25, -0.2) is 0 Å². The Morgan fingerprint density at radius 2 is 1.71 bits per heavy atom. The van der Waals surface area contributed by atoms with Gasteiger partial charge in [-0.05, 0) is 5.39 Å². The predicted molar refractivity (Wildman–Crippen MR) is 58.2 cm³/mol. The zero-order valence-corrected chi connectivity index (χ0v) is 7.51. The molecule has 0 aliphatic rings. The summed E-state index contributed by atoms with van der Waals surface area (Å²) in [5.41, 5.74) is 6.58. The monoisotopic (exact) mass is 187 g/mol. The van der Waals surface area contributed by atoms with E-state index in [9.17, 15) is 0 Å². The first-order valence-electron chi connectivity index (χ1n) is 4.33. The minimum absolute atomic E-state index is 0.351. The average molecular weight is 187 g/mol. The summed E-state index contributed by atoms with van der Waals surface area (Å²) in [6.45, 7) is 0. The molecule has 4 heteroatoms. The molecule has 0 saturated heterocycles. The number of nitrogen functional groups attached to an aromatic ring is 1. The van der Waals surface area contributed by atoms with Gasteiger partial charge in [-0.15, -0.1) is 0 Å². The molecule has 0 unspecified atom stereocenters. The Morgan fingerprint density at radius 3 is 2.43 bits per heavy atom. The van der Waals surface area contributed by atoms with Gasteiger partial charge in [0.2, 0.25) is 0 Å². The maximum atomic E-state index is 9.04. The van der Waals surface area contributed by atoms with Gasteiger partial charge in [0.05, 0.1) is 0 Å². The van der Waals surface area contributed by atoms with E-state index in [1.54, 1.807) is 6.07 Å². The SMILES string of the molecule is Nc1c(B(O)O)ccc2ccccc12. The van der Waals surface area contributed by atoms with E-state index in [0.717, 1.165) is 10.8 Å². The van der Waals surface area contributed by atoms with Crippen LogP contribution in [0.3, 0.4) is 0 Å². The van der Waals surface area contributed by atoms with E-state index in [2.05, 4.69) is 0 Å². The molecule has 0 heterocycles. The number of hydrogen-bond acceptors (Lipinski definition) is 3. The molecule has 2 aromatic carbocycles. The summed E-state index contributed by atoms with van der Waals surface area (Å²) in [5, 5.41) is 19.9. The second kappa shape index (κ2) is 3.33. The van der Waals surface area contributed by atoms with Crippen LogP contribution >= 0.6 is 0 Å². The molecular formula is C10H10BNO2. The quantitative estimate of drug-likeness (QED) is 0.438. The van der Waals surface area contributed by atoms with E-state index in [1.807, 2.05) is 30.3 Å². The zero-order chi connectivity index (χ0) is 10.1. The van der Waals surface area contributed by atoms with E-state index in [4.69, 9.17) is 15.8 Å². The molecule has 0 aliphatic heterocycles. The van der Waals surface area contributed by atoms with Gasteiger partial charge in [0.25, 0.3) is 0 Å². The third-order valence-corrected chi connectivity index (χ3v) is 2.28. The maximum Gasteiger partial charge on any atom is 0.490 e. The summed E-state index contributed by atoms with van der Waals surface area (Å²) in [6.07, 6.45) is 0. The Balaban J connectivity index is 2.75. The highest BCUT2D eigenvalue weighted by Gasteiger charge is 2.15.